The number of carboxylic acid groups (broad SMARTS) is 1. The molecule has 102 valence electrons. The molecule has 0 radical (unpaired) electrons. The number of hydrogen-bond acceptors (Lipinski definition) is 3. The second-order valence-corrected chi connectivity index (χ2v) is 5.00. The van der Waals surface area contributed by atoms with Gasteiger partial charge in [0.15, 0.2) is 0 Å². The Hall–Kier alpha value is -1.68. The predicted molar refractivity (Wildman–Crippen MR) is 79.0 cm³/mol. The van der Waals surface area contributed by atoms with Crippen LogP contribution in [0.25, 0.3) is 0 Å². The van der Waals surface area contributed by atoms with E-state index in [9.17, 15) is 4.79 Å². The summed E-state index contributed by atoms with van der Waals surface area (Å²) in [5, 5.41) is 9.86. The first-order valence-electron chi connectivity index (χ1n) is 6.40. The molecule has 1 heterocycles. The lowest BCUT2D eigenvalue weighted by Gasteiger charge is -2.00. The number of carboxylic acids is 1. The normalized spacial score (nSPS) is 9.63. The van der Waals surface area contributed by atoms with E-state index in [2.05, 4.69) is 4.98 Å². The van der Waals surface area contributed by atoms with Crippen LogP contribution in [-0.4, -0.2) is 16.1 Å². The summed E-state index contributed by atoms with van der Waals surface area (Å²) in [5.41, 5.74) is 1.90. The van der Waals surface area contributed by atoms with E-state index in [-0.39, 0.29) is 0 Å². The number of carbonyl (C=O) groups is 1. The van der Waals surface area contributed by atoms with E-state index < -0.39 is 5.97 Å². The van der Waals surface area contributed by atoms with Crippen molar-refractivity contribution in [3.05, 3.63) is 51.5 Å². The highest BCUT2D eigenvalue weighted by Crippen LogP contribution is 2.19. The molecule has 19 heavy (non-hydrogen) atoms. The topological polar surface area (TPSA) is 50.2 Å². The van der Waals surface area contributed by atoms with E-state index in [4.69, 9.17) is 5.11 Å². The quantitative estimate of drug-likeness (QED) is 0.920. The largest absolute Gasteiger partial charge is 0.477 e. The number of nitrogens with zero attached hydrogens (tertiary/aromatic N) is 1. The zero-order valence-corrected chi connectivity index (χ0v) is 12.3. The van der Waals surface area contributed by atoms with Gasteiger partial charge in [0, 0.05) is 0 Å². The summed E-state index contributed by atoms with van der Waals surface area (Å²) in [6.45, 7) is 5.84. The maximum Gasteiger partial charge on any atom is 0.347 e. The molecule has 1 aromatic carbocycles. The maximum atomic E-state index is 11.0. The van der Waals surface area contributed by atoms with Crippen LogP contribution in [0.15, 0.2) is 30.3 Å². The Morgan fingerprint density at radius 3 is 2.42 bits per heavy atom. The molecule has 0 bridgehead atoms. The molecule has 0 saturated heterocycles. The third-order valence-electron chi connectivity index (χ3n) is 2.49. The highest BCUT2D eigenvalue weighted by atomic mass is 32.1. The molecule has 2 rings (SSSR count). The molecular formula is C15H19NO2S. The minimum absolute atomic E-state index is 0.374. The van der Waals surface area contributed by atoms with Crippen molar-refractivity contribution in [2.75, 3.05) is 0 Å². The smallest absolute Gasteiger partial charge is 0.347 e. The van der Waals surface area contributed by atoms with Crippen molar-refractivity contribution < 1.29 is 9.90 Å². The Balaban J connectivity index is 0.000000861. The summed E-state index contributed by atoms with van der Waals surface area (Å²) < 4.78 is 0. The molecule has 4 heteroatoms. The Bertz CT molecular complexity index is 520. The lowest BCUT2D eigenvalue weighted by atomic mass is 10.1. The summed E-state index contributed by atoms with van der Waals surface area (Å²) in [5.74, 6) is -0.876. The van der Waals surface area contributed by atoms with Crippen molar-refractivity contribution >= 4 is 17.3 Å². The van der Waals surface area contributed by atoms with Crippen molar-refractivity contribution in [1.82, 2.24) is 4.98 Å². The molecule has 0 spiro atoms. The van der Waals surface area contributed by atoms with E-state index in [1.165, 1.54) is 16.9 Å². The fourth-order valence-corrected chi connectivity index (χ4v) is 2.52. The van der Waals surface area contributed by atoms with E-state index in [1.54, 1.807) is 0 Å². The van der Waals surface area contributed by atoms with Gasteiger partial charge >= 0.3 is 5.97 Å². The average Bonchev–Trinajstić information content (AvgIpc) is 2.81. The number of hydrogen-bond donors (Lipinski definition) is 1. The van der Waals surface area contributed by atoms with Crippen LogP contribution in [-0.2, 0) is 12.8 Å². The Kier molecular flexibility index (Phi) is 6.22. The van der Waals surface area contributed by atoms with E-state index in [0.29, 0.717) is 17.0 Å². The van der Waals surface area contributed by atoms with Gasteiger partial charge in [-0.25, -0.2) is 9.78 Å². The number of thiazole rings is 1. The Labute approximate surface area is 117 Å². The zero-order chi connectivity index (χ0) is 14.3. The van der Waals surface area contributed by atoms with Crippen LogP contribution >= 0.6 is 11.3 Å². The monoisotopic (exact) mass is 277 g/mol. The molecule has 0 aliphatic heterocycles. The van der Waals surface area contributed by atoms with Gasteiger partial charge < -0.3 is 5.11 Å². The van der Waals surface area contributed by atoms with Gasteiger partial charge in [-0.05, 0) is 25.3 Å². The molecule has 0 fully saturated rings. The minimum Gasteiger partial charge on any atom is -0.477 e. The number of benzene rings is 1. The lowest BCUT2D eigenvalue weighted by molar-refractivity contribution is 0.0700. The van der Waals surface area contributed by atoms with Gasteiger partial charge in [0.05, 0.1) is 10.7 Å². The fourth-order valence-electron chi connectivity index (χ4n) is 1.71. The highest BCUT2D eigenvalue weighted by molar-refractivity contribution is 7.13. The van der Waals surface area contributed by atoms with Crippen LogP contribution in [0.5, 0.6) is 0 Å². The molecule has 0 atom stereocenters. The van der Waals surface area contributed by atoms with Crippen LogP contribution in [0.2, 0.25) is 0 Å². The zero-order valence-electron chi connectivity index (χ0n) is 11.5. The Morgan fingerprint density at radius 1 is 1.21 bits per heavy atom. The van der Waals surface area contributed by atoms with Gasteiger partial charge in [-0.2, -0.15) is 0 Å². The fraction of sp³-hybridized carbons (Fsp3) is 0.333. The molecule has 1 aromatic heterocycles. The summed E-state index contributed by atoms with van der Waals surface area (Å²) in [4.78, 5) is 15.7. The van der Waals surface area contributed by atoms with Crippen molar-refractivity contribution in [2.24, 2.45) is 0 Å². The standard InChI is InChI=1S/C13H13NO2S.C2H6/c1-9-14-11(12(17-9)13(15)16)8-7-10-5-3-2-4-6-10;1-2/h2-6H,7-8H2,1H3,(H,15,16);1-2H3. The molecule has 0 aliphatic rings. The molecule has 0 unspecified atom stereocenters. The van der Waals surface area contributed by atoms with Gasteiger partial charge in [0.2, 0.25) is 0 Å². The van der Waals surface area contributed by atoms with Crippen LogP contribution in [0, 0.1) is 6.92 Å². The van der Waals surface area contributed by atoms with E-state index in [1.807, 2.05) is 51.1 Å². The number of aromatic carboxylic acids is 1. The van der Waals surface area contributed by atoms with Gasteiger partial charge in [-0.15, -0.1) is 11.3 Å². The summed E-state index contributed by atoms with van der Waals surface area (Å²) >= 11 is 1.25. The second-order valence-electron chi connectivity index (χ2n) is 3.80. The number of rotatable bonds is 4. The van der Waals surface area contributed by atoms with E-state index >= 15 is 0 Å². The van der Waals surface area contributed by atoms with Crippen LogP contribution in [0.4, 0.5) is 0 Å². The summed E-state index contributed by atoms with van der Waals surface area (Å²) in [7, 11) is 0. The molecule has 0 aliphatic carbocycles. The summed E-state index contributed by atoms with van der Waals surface area (Å²) in [6, 6.07) is 10.0. The predicted octanol–water partition coefficient (Wildman–Crippen LogP) is 3.96. The van der Waals surface area contributed by atoms with Gasteiger partial charge in [0.1, 0.15) is 4.88 Å². The average molecular weight is 277 g/mol. The van der Waals surface area contributed by atoms with Gasteiger partial charge in [-0.1, -0.05) is 44.2 Å². The van der Waals surface area contributed by atoms with Crippen molar-refractivity contribution in [1.29, 1.82) is 0 Å². The minimum atomic E-state index is -0.876. The Morgan fingerprint density at radius 2 is 1.84 bits per heavy atom. The first kappa shape index (κ1) is 15.4. The number of aryl methyl sites for hydroxylation is 3. The van der Waals surface area contributed by atoms with Crippen LogP contribution in [0.3, 0.4) is 0 Å². The van der Waals surface area contributed by atoms with Gasteiger partial charge in [0.25, 0.3) is 0 Å². The molecule has 0 saturated carbocycles. The van der Waals surface area contributed by atoms with Crippen molar-refractivity contribution in [3.8, 4) is 0 Å². The second kappa shape index (κ2) is 7.69. The third kappa shape index (κ3) is 4.48. The number of aromatic nitrogens is 1. The maximum absolute atomic E-state index is 11.0. The van der Waals surface area contributed by atoms with Gasteiger partial charge in [-0.3, -0.25) is 0 Å². The first-order valence-corrected chi connectivity index (χ1v) is 7.22. The molecule has 3 nitrogen and oxygen atoms in total. The van der Waals surface area contributed by atoms with Crippen LogP contribution in [0.1, 0.15) is 39.8 Å². The summed E-state index contributed by atoms with van der Waals surface area (Å²) in [6.07, 6.45) is 1.50. The third-order valence-corrected chi connectivity index (χ3v) is 3.49. The van der Waals surface area contributed by atoms with Crippen LogP contribution < -0.4 is 0 Å². The lowest BCUT2D eigenvalue weighted by Crippen LogP contribution is -2.00. The molecule has 0 amide bonds. The van der Waals surface area contributed by atoms with Crippen molar-refractivity contribution in [2.45, 2.75) is 33.6 Å². The highest BCUT2D eigenvalue weighted by Gasteiger charge is 2.15. The molecule has 2 aromatic rings. The SMILES string of the molecule is CC.Cc1nc(CCc2ccccc2)c(C(=O)O)s1. The van der Waals surface area contributed by atoms with E-state index in [0.717, 1.165) is 11.4 Å². The van der Waals surface area contributed by atoms with Crippen molar-refractivity contribution in [3.63, 3.8) is 0 Å². The first-order chi connectivity index (χ1) is 9.16. The molecular weight excluding hydrogens is 258 g/mol. The molecule has 1 N–H and O–H groups in total.